The molecule has 106 valence electrons. The molecule has 1 N–H and O–H groups in total. The third-order valence-electron chi connectivity index (χ3n) is 4.18. The van der Waals surface area contributed by atoms with Crippen molar-refractivity contribution in [2.45, 2.75) is 38.1 Å². The number of hydrogen-bond acceptors (Lipinski definition) is 4. The molecule has 6 heteroatoms. The number of aliphatic carboxylic acids is 1. The minimum absolute atomic E-state index is 0.0193. The summed E-state index contributed by atoms with van der Waals surface area (Å²) in [7, 11) is 1.33. The highest BCUT2D eigenvalue weighted by atomic mass is 16.5. The molecule has 0 aromatic heterocycles. The van der Waals surface area contributed by atoms with Crippen LogP contribution in [-0.4, -0.2) is 47.5 Å². The molecule has 0 bridgehead atoms. The summed E-state index contributed by atoms with van der Waals surface area (Å²) in [4.78, 5) is 36.0. The Balaban J connectivity index is 1.91. The molecule has 0 radical (unpaired) electrons. The van der Waals surface area contributed by atoms with Crippen LogP contribution in [0, 0.1) is 11.8 Å². The number of carbonyl (C=O) groups excluding carboxylic acids is 2. The van der Waals surface area contributed by atoms with Gasteiger partial charge >= 0.3 is 11.9 Å². The molecule has 0 aromatic carbocycles. The van der Waals surface area contributed by atoms with Crippen molar-refractivity contribution in [3.63, 3.8) is 0 Å². The van der Waals surface area contributed by atoms with E-state index in [2.05, 4.69) is 4.74 Å². The first-order chi connectivity index (χ1) is 9.02. The van der Waals surface area contributed by atoms with E-state index in [1.807, 2.05) is 0 Å². The second-order valence-corrected chi connectivity index (χ2v) is 5.31. The van der Waals surface area contributed by atoms with E-state index in [1.165, 1.54) is 7.11 Å². The van der Waals surface area contributed by atoms with Crippen LogP contribution < -0.4 is 0 Å². The van der Waals surface area contributed by atoms with Crippen molar-refractivity contribution in [3.8, 4) is 0 Å². The van der Waals surface area contributed by atoms with Crippen molar-refractivity contribution >= 4 is 17.8 Å². The first-order valence-electron chi connectivity index (χ1n) is 6.63. The first kappa shape index (κ1) is 13.8. The Kier molecular flexibility index (Phi) is 4.07. The minimum Gasteiger partial charge on any atom is -0.481 e. The predicted molar refractivity (Wildman–Crippen MR) is 65.2 cm³/mol. The summed E-state index contributed by atoms with van der Waals surface area (Å²) in [6.07, 6.45) is 2.83. The molecule has 1 heterocycles. The smallest absolute Gasteiger partial charge is 0.310 e. The summed E-state index contributed by atoms with van der Waals surface area (Å²) in [5.74, 6) is -1.76. The molecular formula is C13H19NO5. The van der Waals surface area contributed by atoms with Crippen molar-refractivity contribution in [1.82, 2.24) is 4.90 Å². The molecule has 2 aliphatic rings. The van der Waals surface area contributed by atoms with E-state index in [0.29, 0.717) is 32.2 Å². The van der Waals surface area contributed by atoms with Crippen molar-refractivity contribution in [3.05, 3.63) is 0 Å². The van der Waals surface area contributed by atoms with Gasteiger partial charge in [0, 0.05) is 19.0 Å². The van der Waals surface area contributed by atoms with Crippen LogP contribution in [0.5, 0.6) is 0 Å². The van der Waals surface area contributed by atoms with Crippen LogP contribution in [0.4, 0.5) is 0 Å². The molecule has 0 aromatic rings. The molecule has 1 aliphatic carbocycles. The van der Waals surface area contributed by atoms with Gasteiger partial charge in [-0.2, -0.15) is 0 Å². The lowest BCUT2D eigenvalue weighted by Crippen LogP contribution is -2.40. The van der Waals surface area contributed by atoms with E-state index in [1.54, 1.807) is 4.90 Å². The van der Waals surface area contributed by atoms with E-state index in [9.17, 15) is 14.4 Å². The van der Waals surface area contributed by atoms with Gasteiger partial charge in [-0.25, -0.2) is 0 Å². The fraction of sp³-hybridized carbons (Fsp3) is 0.769. The van der Waals surface area contributed by atoms with Gasteiger partial charge in [-0.3, -0.25) is 14.4 Å². The number of carboxylic acids is 1. The first-order valence-corrected chi connectivity index (χ1v) is 6.63. The number of methoxy groups -OCH3 is 1. The molecule has 1 aliphatic heterocycles. The van der Waals surface area contributed by atoms with Crippen LogP contribution in [-0.2, 0) is 19.1 Å². The molecule has 1 amide bonds. The summed E-state index contributed by atoms with van der Waals surface area (Å²) in [6, 6.07) is 0.0813. The fourth-order valence-corrected chi connectivity index (χ4v) is 3.04. The van der Waals surface area contributed by atoms with Crippen molar-refractivity contribution < 1.29 is 24.2 Å². The molecule has 2 fully saturated rings. The van der Waals surface area contributed by atoms with Crippen LogP contribution in [0.1, 0.15) is 32.1 Å². The van der Waals surface area contributed by atoms with Gasteiger partial charge in [0.25, 0.3) is 0 Å². The Morgan fingerprint density at radius 2 is 1.84 bits per heavy atom. The quantitative estimate of drug-likeness (QED) is 0.760. The normalized spacial score (nSPS) is 31.3. The lowest BCUT2D eigenvalue weighted by atomic mass is 9.85. The Morgan fingerprint density at radius 3 is 2.37 bits per heavy atom. The van der Waals surface area contributed by atoms with Crippen LogP contribution in [0.25, 0.3) is 0 Å². The fourth-order valence-electron chi connectivity index (χ4n) is 3.04. The summed E-state index contributed by atoms with van der Waals surface area (Å²) < 4.78 is 4.67. The molecule has 2 rings (SSSR count). The number of hydrogen-bond donors (Lipinski definition) is 1. The van der Waals surface area contributed by atoms with Gasteiger partial charge < -0.3 is 14.7 Å². The zero-order valence-electron chi connectivity index (χ0n) is 11.0. The lowest BCUT2D eigenvalue weighted by molar-refractivity contribution is -0.145. The van der Waals surface area contributed by atoms with E-state index >= 15 is 0 Å². The second-order valence-electron chi connectivity index (χ2n) is 5.31. The molecule has 1 atom stereocenters. The van der Waals surface area contributed by atoms with E-state index in [4.69, 9.17) is 5.11 Å². The maximum absolute atomic E-state index is 11.9. The van der Waals surface area contributed by atoms with Gasteiger partial charge in [0.1, 0.15) is 0 Å². The zero-order valence-corrected chi connectivity index (χ0v) is 11.0. The maximum atomic E-state index is 11.9. The Labute approximate surface area is 111 Å². The van der Waals surface area contributed by atoms with Crippen molar-refractivity contribution in [2.24, 2.45) is 11.8 Å². The summed E-state index contributed by atoms with van der Waals surface area (Å²) in [5.41, 5.74) is 0. The van der Waals surface area contributed by atoms with Gasteiger partial charge in [-0.1, -0.05) is 0 Å². The van der Waals surface area contributed by atoms with Gasteiger partial charge in [-0.15, -0.1) is 0 Å². The monoisotopic (exact) mass is 269 g/mol. The number of carboxylic acid groups (broad SMARTS) is 1. The van der Waals surface area contributed by atoms with Crippen molar-refractivity contribution in [2.75, 3.05) is 13.7 Å². The van der Waals surface area contributed by atoms with E-state index in [0.717, 1.165) is 0 Å². The van der Waals surface area contributed by atoms with Crippen molar-refractivity contribution in [1.29, 1.82) is 0 Å². The molecule has 19 heavy (non-hydrogen) atoms. The third-order valence-corrected chi connectivity index (χ3v) is 4.18. The number of carbonyl (C=O) groups is 3. The Bertz CT molecular complexity index is 386. The van der Waals surface area contributed by atoms with Crippen LogP contribution >= 0.6 is 0 Å². The average Bonchev–Trinajstić information content (AvgIpc) is 2.80. The Morgan fingerprint density at radius 1 is 1.21 bits per heavy atom. The minimum atomic E-state index is -0.751. The molecular weight excluding hydrogens is 250 g/mol. The van der Waals surface area contributed by atoms with E-state index < -0.39 is 5.97 Å². The summed E-state index contributed by atoms with van der Waals surface area (Å²) in [6.45, 7) is 0.411. The van der Waals surface area contributed by atoms with Crippen LogP contribution in [0.2, 0.25) is 0 Å². The summed E-state index contributed by atoms with van der Waals surface area (Å²) >= 11 is 0. The summed E-state index contributed by atoms with van der Waals surface area (Å²) in [5, 5.41) is 8.95. The standard InChI is InChI=1S/C13H19NO5/c1-19-13(18)9-6-11(15)14(7-9)10-4-2-8(3-5-10)12(16)17/h8-10H,2-7H2,1H3,(H,16,17). The highest BCUT2D eigenvalue weighted by Crippen LogP contribution is 2.31. The van der Waals surface area contributed by atoms with Gasteiger partial charge in [0.05, 0.1) is 18.9 Å². The van der Waals surface area contributed by atoms with E-state index in [-0.39, 0.29) is 36.2 Å². The number of ether oxygens (including phenoxy) is 1. The maximum Gasteiger partial charge on any atom is 0.310 e. The average molecular weight is 269 g/mol. The number of nitrogens with zero attached hydrogens (tertiary/aromatic N) is 1. The van der Waals surface area contributed by atoms with Gasteiger partial charge in [0.2, 0.25) is 5.91 Å². The van der Waals surface area contributed by atoms with Gasteiger partial charge in [0.15, 0.2) is 0 Å². The topological polar surface area (TPSA) is 83.9 Å². The van der Waals surface area contributed by atoms with Crippen LogP contribution in [0.15, 0.2) is 0 Å². The third kappa shape index (κ3) is 2.88. The number of rotatable bonds is 3. The number of esters is 1. The highest BCUT2D eigenvalue weighted by Gasteiger charge is 2.40. The molecule has 1 saturated heterocycles. The molecule has 0 spiro atoms. The molecule has 1 saturated carbocycles. The number of likely N-dealkylation sites (tertiary alicyclic amines) is 1. The Hall–Kier alpha value is -1.59. The van der Waals surface area contributed by atoms with Crippen LogP contribution in [0.3, 0.4) is 0 Å². The molecule has 1 unspecified atom stereocenters. The largest absolute Gasteiger partial charge is 0.481 e. The predicted octanol–water partition coefficient (Wildman–Crippen LogP) is 0.651. The highest BCUT2D eigenvalue weighted by molar-refractivity contribution is 5.87. The second kappa shape index (κ2) is 5.59. The lowest BCUT2D eigenvalue weighted by Gasteiger charge is -2.33. The SMILES string of the molecule is COC(=O)C1CC(=O)N(C2CCC(C(=O)O)CC2)C1. The van der Waals surface area contributed by atoms with Gasteiger partial charge in [-0.05, 0) is 25.7 Å². The molecule has 6 nitrogen and oxygen atoms in total. The zero-order chi connectivity index (χ0) is 14.0. The number of amides is 1.